The number of carboxylic acids is 1. The number of carbonyl (C=O) groups excluding carboxylic acids is 4. The van der Waals surface area contributed by atoms with E-state index in [1.54, 1.807) is 0 Å². The molecule has 0 radical (unpaired) electrons. The Hall–Kier alpha value is -2.97. The summed E-state index contributed by atoms with van der Waals surface area (Å²) in [7, 11) is 0. The molecular weight excluding hydrogens is 486 g/mol. The van der Waals surface area contributed by atoms with E-state index in [-0.39, 0.29) is 36.5 Å². The van der Waals surface area contributed by atoms with Gasteiger partial charge in [-0.1, -0.05) is 12.1 Å². The minimum Gasteiger partial charge on any atom is -0.508 e. The Morgan fingerprint density at radius 3 is 1.88 bits per heavy atom. The Bertz CT molecular complexity index is 885. The van der Waals surface area contributed by atoms with E-state index in [1.807, 2.05) is 0 Å². The van der Waals surface area contributed by atoms with Gasteiger partial charge in [0.15, 0.2) is 0 Å². The van der Waals surface area contributed by atoms with Crippen LogP contribution in [-0.2, 0) is 30.4 Å². The number of nitrogens with two attached hydrogens (primary N) is 2. The molecule has 0 spiro atoms. The summed E-state index contributed by atoms with van der Waals surface area (Å²) in [6.07, 6.45) is -0.581. The molecule has 0 aliphatic rings. The molecule has 0 fully saturated rings. The van der Waals surface area contributed by atoms with Gasteiger partial charge in [-0.15, -0.1) is 0 Å². The van der Waals surface area contributed by atoms with Crippen LogP contribution in [0.2, 0.25) is 0 Å². The molecule has 0 bridgehead atoms. The molecule has 0 saturated heterocycles. The molecule has 4 atom stereocenters. The van der Waals surface area contributed by atoms with Crippen molar-refractivity contribution >= 4 is 54.9 Å². The summed E-state index contributed by atoms with van der Waals surface area (Å²) in [5.74, 6) is -4.42. The molecule has 188 valence electrons. The zero-order valence-electron chi connectivity index (χ0n) is 18.1. The molecule has 12 nitrogen and oxygen atoms in total. The summed E-state index contributed by atoms with van der Waals surface area (Å²) in [5, 5.41) is 26.0. The van der Waals surface area contributed by atoms with Crippen LogP contribution in [0.15, 0.2) is 24.3 Å². The number of aliphatic carboxylic acids is 1. The van der Waals surface area contributed by atoms with E-state index in [0.717, 1.165) is 0 Å². The van der Waals surface area contributed by atoms with Crippen LogP contribution in [0, 0.1) is 0 Å². The fourth-order valence-electron chi connectivity index (χ4n) is 2.72. The molecule has 0 heterocycles. The van der Waals surface area contributed by atoms with Crippen LogP contribution in [0.4, 0.5) is 0 Å². The van der Waals surface area contributed by atoms with Crippen molar-refractivity contribution < 1.29 is 34.2 Å². The third kappa shape index (κ3) is 9.89. The van der Waals surface area contributed by atoms with Crippen LogP contribution >= 0.6 is 25.3 Å². The predicted octanol–water partition coefficient (Wildman–Crippen LogP) is -2.07. The van der Waals surface area contributed by atoms with Gasteiger partial charge in [0.25, 0.3) is 0 Å². The summed E-state index contributed by atoms with van der Waals surface area (Å²) < 4.78 is 0. The highest BCUT2D eigenvalue weighted by Crippen LogP contribution is 2.12. The highest BCUT2D eigenvalue weighted by atomic mass is 32.1. The van der Waals surface area contributed by atoms with Crippen molar-refractivity contribution in [2.75, 3.05) is 11.5 Å². The Labute approximate surface area is 207 Å². The smallest absolute Gasteiger partial charge is 0.326 e. The molecule has 14 heteroatoms. The van der Waals surface area contributed by atoms with Gasteiger partial charge in [0.1, 0.15) is 23.9 Å². The van der Waals surface area contributed by atoms with Gasteiger partial charge in [-0.05, 0) is 24.1 Å². The number of phenolic OH excluding ortho intramolecular Hbond substituents is 1. The molecule has 1 aromatic rings. The third-order valence-electron chi connectivity index (χ3n) is 4.65. The lowest BCUT2D eigenvalue weighted by Crippen LogP contribution is -2.58. The molecule has 0 aliphatic heterocycles. The lowest BCUT2D eigenvalue weighted by atomic mass is 10.0. The summed E-state index contributed by atoms with van der Waals surface area (Å²) in [4.78, 5) is 60.2. The van der Waals surface area contributed by atoms with E-state index >= 15 is 0 Å². The molecule has 34 heavy (non-hydrogen) atoms. The van der Waals surface area contributed by atoms with Crippen molar-refractivity contribution in [3.05, 3.63) is 29.8 Å². The maximum Gasteiger partial charge on any atom is 0.326 e. The van der Waals surface area contributed by atoms with Gasteiger partial charge in [-0.3, -0.25) is 19.2 Å². The van der Waals surface area contributed by atoms with E-state index in [1.165, 1.54) is 24.3 Å². The molecule has 9 N–H and O–H groups in total. The highest BCUT2D eigenvalue weighted by Gasteiger charge is 2.30. The number of thiol groups is 2. The zero-order valence-corrected chi connectivity index (χ0v) is 19.9. The van der Waals surface area contributed by atoms with Crippen LogP contribution in [0.3, 0.4) is 0 Å². The largest absolute Gasteiger partial charge is 0.508 e. The second kappa shape index (κ2) is 14.3. The second-order valence-electron chi connectivity index (χ2n) is 7.37. The van der Waals surface area contributed by atoms with E-state index in [9.17, 15) is 34.2 Å². The van der Waals surface area contributed by atoms with Crippen molar-refractivity contribution in [2.24, 2.45) is 11.5 Å². The minimum atomic E-state index is -1.42. The number of benzene rings is 1. The van der Waals surface area contributed by atoms with Gasteiger partial charge in [-0.2, -0.15) is 25.3 Å². The third-order valence-corrected chi connectivity index (χ3v) is 5.41. The monoisotopic (exact) mass is 515 g/mol. The van der Waals surface area contributed by atoms with E-state index < -0.39 is 53.8 Å². The summed E-state index contributed by atoms with van der Waals surface area (Å²) in [6, 6.07) is 1.03. The number of carbonyl (C=O) groups is 5. The standard InChI is InChI=1S/C20H29N5O7S2/c21-12(8-33)17(28)25-15(9-34)19(30)24-14(7-10-1-3-11(26)4-2-10)18(29)23-13(20(31)32)5-6-16(22)27/h1-4,12-15,26,33-34H,5-9,21H2,(H2,22,27)(H,23,29)(H,24,30)(H,25,28)(H,31,32). The molecule has 4 amide bonds. The summed E-state index contributed by atoms with van der Waals surface area (Å²) in [6.45, 7) is 0. The number of hydrogen-bond donors (Lipinski definition) is 9. The molecule has 0 saturated carbocycles. The molecule has 0 aromatic heterocycles. The molecule has 4 unspecified atom stereocenters. The Morgan fingerprint density at radius 2 is 1.38 bits per heavy atom. The van der Waals surface area contributed by atoms with Gasteiger partial charge in [0, 0.05) is 24.3 Å². The molecule has 1 rings (SSSR count). The number of aromatic hydroxyl groups is 1. The lowest BCUT2D eigenvalue weighted by Gasteiger charge is -2.24. The van der Waals surface area contributed by atoms with Crippen molar-refractivity contribution in [2.45, 2.75) is 43.4 Å². The first-order valence-electron chi connectivity index (χ1n) is 10.2. The van der Waals surface area contributed by atoms with E-state index in [0.29, 0.717) is 5.56 Å². The zero-order chi connectivity index (χ0) is 25.8. The summed E-state index contributed by atoms with van der Waals surface area (Å²) >= 11 is 7.98. The number of amides is 4. The Kier molecular flexibility index (Phi) is 12.2. The van der Waals surface area contributed by atoms with Crippen LogP contribution in [0.1, 0.15) is 18.4 Å². The van der Waals surface area contributed by atoms with E-state index in [4.69, 9.17) is 11.5 Å². The first-order chi connectivity index (χ1) is 16.0. The van der Waals surface area contributed by atoms with Crippen LogP contribution < -0.4 is 27.4 Å². The Morgan fingerprint density at radius 1 is 0.853 bits per heavy atom. The average Bonchev–Trinajstić information content (AvgIpc) is 2.79. The maximum atomic E-state index is 12.9. The quantitative estimate of drug-likeness (QED) is 0.125. The number of nitrogens with one attached hydrogen (secondary N) is 3. The predicted molar refractivity (Wildman–Crippen MR) is 129 cm³/mol. The average molecular weight is 516 g/mol. The topological polar surface area (TPSA) is 214 Å². The highest BCUT2D eigenvalue weighted by molar-refractivity contribution is 7.80. The maximum absolute atomic E-state index is 12.9. The SMILES string of the molecule is NC(=O)CCC(NC(=O)C(Cc1ccc(O)cc1)NC(=O)C(CS)NC(=O)C(N)CS)C(=O)O. The fourth-order valence-corrected chi connectivity index (χ4v) is 3.14. The lowest BCUT2D eigenvalue weighted by molar-refractivity contribution is -0.142. The first-order valence-corrected chi connectivity index (χ1v) is 11.4. The normalized spacial score (nSPS) is 14.2. The Balaban J connectivity index is 3.06. The second-order valence-corrected chi connectivity index (χ2v) is 8.10. The van der Waals surface area contributed by atoms with E-state index in [2.05, 4.69) is 41.2 Å². The minimum absolute atomic E-state index is 0.00967. The molecule has 0 aliphatic carbocycles. The number of primary amides is 1. The number of hydrogen-bond acceptors (Lipinski definition) is 9. The number of phenols is 1. The van der Waals surface area contributed by atoms with Crippen molar-refractivity contribution in [3.8, 4) is 5.75 Å². The van der Waals surface area contributed by atoms with Gasteiger partial charge in [0.2, 0.25) is 23.6 Å². The van der Waals surface area contributed by atoms with Gasteiger partial charge in [0.05, 0.1) is 6.04 Å². The van der Waals surface area contributed by atoms with Crippen molar-refractivity contribution in [1.29, 1.82) is 0 Å². The number of carboxylic acid groups (broad SMARTS) is 1. The fraction of sp³-hybridized carbons (Fsp3) is 0.450. The van der Waals surface area contributed by atoms with Crippen LogP contribution in [0.25, 0.3) is 0 Å². The van der Waals surface area contributed by atoms with Gasteiger partial charge in [-0.25, -0.2) is 4.79 Å². The molecular formula is C20H29N5O7S2. The van der Waals surface area contributed by atoms with Crippen molar-refractivity contribution in [1.82, 2.24) is 16.0 Å². The van der Waals surface area contributed by atoms with Gasteiger partial charge >= 0.3 is 5.97 Å². The number of rotatable bonds is 14. The van der Waals surface area contributed by atoms with Crippen LogP contribution in [-0.4, -0.2) is 75.5 Å². The summed E-state index contributed by atoms with van der Waals surface area (Å²) in [5.41, 5.74) is 11.2. The van der Waals surface area contributed by atoms with Gasteiger partial charge < -0.3 is 37.6 Å². The first kappa shape index (κ1) is 29.1. The molecule has 1 aromatic carbocycles. The van der Waals surface area contributed by atoms with Crippen molar-refractivity contribution in [3.63, 3.8) is 0 Å². The van der Waals surface area contributed by atoms with Crippen LogP contribution in [0.5, 0.6) is 5.75 Å².